The Morgan fingerprint density at radius 1 is 1.47 bits per heavy atom. The molecule has 0 atom stereocenters. The first kappa shape index (κ1) is 11.4. The van der Waals surface area contributed by atoms with Crippen molar-refractivity contribution >= 4 is 6.09 Å². The van der Waals surface area contributed by atoms with Crippen molar-refractivity contribution in [2.75, 3.05) is 13.7 Å². The zero-order chi connectivity index (χ0) is 11.1. The number of methoxy groups -OCH3 is 1. The highest BCUT2D eigenvalue weighted by molar-refractivity contribution is 5.64. The van der Waals surface area contributed by atoms with Crippen molar-refractivity contribution in [2.24, 2.45) is 5.73 Å². The van der Waals surface area contributed by atoms with Crippen LogP contribution in [0.15, 0.2) is 24.3 Å². The second kappa shape index (κ2) is 5.90. The zero-order valence-corrected chi connectivity index (χ0v) is 8.73. The third kappa shape index (κ3) is 4.35. The third-order valence-corrected chi connectivity index (χ3v) is 1.99. The number of hydrogen-bond donors (Lipinski definition) is 1. The van der Waals surface area contributed by atoms with Crippen molar-refractivity contribution in [3.8, 4) is 5.75 Å². The van der Waals surface area contributed by atoms with Gasteiger partial charge in [-0.05, 0) is 30.5 Å². The molecule has 1 amide bonds. The first-order valence-corrected chi connectivity index (χ1v) is 4.77. The fraction of sp³-hybridized carbons (Fsp3) is 0.364. The molecule has 0 spiro atoms. The van der Waals surface area contributed by atoms with Gasteiger partial charge in [0.05, 0.1) is 13.7 Å². The number of amides is 1. The molecule has 0 saturated heterocycles. The van der Waals surface area contributed by atoms with Crippen LogP contribution >= 0.6 is 0 Å². The highest BCUT2D eigenvalue weighted by Crippen LogP contribution is 2.13. The molecule has 0 aliphatic heterocycles. The average molecular weight is 209 g/mol. The molecule has 1 aromatic carbocycles. The van der Waals surface area contributed by atoms with Crippen LogP contribution in [-0.4, -0.2) is 19.8 Å². The molecule has 15 heavy (non-hydrogen) atoms. The Morgan fingerprint density at radius 2 is 2.27 bits per heavy atom. The number of rotatable bonds is 5. The SMILES string of the molecule is COc1cccc(CCCOC(N)=O)c1. The summed E-state index contributed by atoms with van der Waals surface area (Å²) in [7, 11) is 1.63. The van der Waals surface area contributed by atoms with Gasteiger partial charge in [-0.25, -0.2) is 4.79 Å². The van der Waals surface area contributed by atoms with E-state index >= 15 is 0 Å². The van der Waals surface area contributed by atoms with Gasteiger partial charge in [0, 0.05) is 0 Å². The highest BCUT2D eigenvalue weighted by atomic mass is 16.5. The quantitative estimate of drug-likeness (QED) is 0.751. The molecule has 0 unspecified atom stereocenters. The molecule has 4 heteroatoms. The Kier molecular flexibility index (Phi) is 4.47. The topological polar surface area (TPSA) is 61.6 Å². The lowest BCUT2D eigenvalue weighted by Gasteiger charge is -2.04. The second-order valence-corrected chi connectivity index (χ2v) is 3.12. The molecule has 0 aromatic heterocycles. The predicted molar refractivity (Wildman–Crippen MR) is 56.9 cm³/mol. The summed E-state index contributed by atoms with van der Waals surface area (Å²) in [5.74, 6) is 0.836. The van der Waals surface area contributed by atoms with Gasteiger partial charge in [0.1, 0.15) is 5.75 Å². The summed E-state index contributed by atoms with van der Waals surface area (Å²) in [6.45, 7) is 0.354. The van der Waals surface area contributed by atoms with Crippen LogP contribution < -0.4 is 10.5 Å². The van der Waals surface area contributed by atoms with Crippen LogP contribution in [0.5, 0.6) is 5.75 Å². The molecule has 0 saturated carbocycles. The minimum Gasteiger partial charge on any atom is -0.497 e. The van der Waals surface area contributed by atoms with E-state index in [4.69, 9.17) is 10.5 Å². The van der Waals surface area contributed by atoms with Gasteiger partial charge in [-0.2, -0.15) is 0 Å². The number of benzene rings is 1. The van der Waals surface area contributed by atoms with E-state index < -0.39 is 6.09 Å². The van der Waals surface area contributed by atoms with E-state index in [1.54, 1.807) is 7.11 Å². The van der Waals surface area contributed by atoms with Gasteiger partial charge in [0.2, 0.25) is 0 Å². The summed E-state index contributed by atoms with van der Waals surface area (Å²) in [6.07, 6.45) is 0.876. The van der Waals surface area contributed by atoms with Crippen molar-refractivity contribution < 1.29 is 14.3 Å². The summed E-state index contributed by atoms with van der Waals surface area (Å²) in [6, 6.07) is 7.80. The van der Waals surface area contributed by atoms with Gasteiger partial charge in [-0.3, -0.25) is 0 Å². The van der Waals surface area contributed by atoms with Crippen LogP contribution in [0.25, 0.3) is 0 Å². The van der Waals surface area contributed by atoms with E-state index in [0.29, 0.717) is 6.61 Å². The second-order valence-electron chi connectivity index (χ2n) is 3.12. The Morgan fingerprint density at radius 3 is 2.93 bits per heavy atom. The summed E-state index contributed by atoms with van der Waals surface area (Å²) in [5, 5.41) is 0. The Labute approximate surface area is 89.0 Å². The van der Waals surface area contributed by atoms with Crippen molar-refractivity contribution in [1.82, 2.24) is 0 Å². The summed E-state index contributed by atoms with van der Waals surface area (Å²) in [4.78, 5) is 10.3. The molecule has 0 radical (unpaired) electrons. The zero-order valence-electron chi connectivity index (χ0n) is 8.73. The number of carbonyl (C=O) groups excluding carboxylic acids is 1. The molecule has 0 heterocycles. The van der Waals surface area contributed by atoms with Crippen molar-refractivity contribution in [2.45, 2.75) is 12.8 Å². The van der Waals surface area contributed by atoms with E-state index in [1.807, 2.05) is 24.3 Å². The van der Waals surface area contributed by atoms with Crippen LogP contribution in [0.4, 0.5) is 4.79 Å². The molecular formula is C11H15NO3. The van der Waals surface area contributed by atoms with Gasteiger partial charge in [0.15, 0.2) is 0 Å². The van der Waals surface area contributed by atoms with Gasteiger partial charge in [-0.15, -0.1) is 0 Å². The molecule has 0 bridgehead atoms. The summed E-state index contributed by atoms with van der Waals surface area (Å²) >= 11 is 0. The summed E-state index contributed by atoms with van der Waals surface area (Å²) in [5.41, 5.74) is 5.99. The lowest BCUT2D eigenvalue weighted by molar-refractivity contribution is 0.155. The van der Waals surface area contributed by atoms with Crippen LogP contribution in [0.1, 0.15) is 12.0 Å². The van der Waals surface area contributed by atoms with E-state index in [-0.39, 0.29) is 0 Å². The lowest BCUT2D eigenvalue weighted by atomic mass is 10.1. The first-order valence-electron chi connectivity index (χ1n) is 4.77. The fourth-order valence-electron chi connectivity index (χ4n) is 1.28. The van der Waals surface area contributed by atoms with Gasteiger partial charge < -0.3 is 15.2 Å². The molecule has 1 aromatic rings. The lowest BCUT2D eigenvalue weighted by Crippen LogP contribution is -2.13. The van der Waals surface area contributed by atoms with Crippen molar-refractivity contribution in [3.05, 3.63) is 29.8 Å². The molecule has 4 nitrogen and oxygen atoms in total. The highest BCUT2D eigenvalue weighted by Gasteiger charge is 1.97. The molecule has 0 aliphatic rings. The monoisotopic (exact) mass is 209 g/mol. The smallest absolute Gasteiger partial charge is 0.404 e. The van der Waals surface area contributed by atoms with E-state index in [0.717, 1.165) is 24.2 Å². The van der Waals surface area contributed by atoms with Gasteiger partial charge in [-0.1, -0.05) is 12.1 Å². The normalized spacial score (nSPS) is 9.67. The maximum atomic E-state index is 10.3. The van der Waals surface area contributed by atoms with E-state index in [2.05, 4.69) is 4.74 Å². The molecule has 0 aliphatic carbocycles. The number of nitrogens with two attached hydrogens (primary N) is 1. The van der Waals surface area contributed by atoms with Crippen molar-refractivity contribution in [3.63, 3.8) is 0 Å². The number of hydrogen-bond acceptors (Lipinski definition) is 3. The van der Waals surface area contributed by atoms with Crippen LogP contribution in [0.3, 0.4) is 0 Å². The third-order valence-electron chi connectivity index (χ3n) is 1.99. The largest absolute Gasteiger partial charge is 0.497 e. The molecule has 0 fully saturated rings. The average Bonchev–Trinajstić information content (AvgIpc) is 2.24. The predicted octanol–water partition coefficient (Wildman–Crippen LogP) is 1.72. The minimum atomic E-state index is -0.722. The molecular weight excluding hydrogens is 194 g/mol. The maximum absolute atomic E-state index is 10.3. The number of primary amides is 1. The number of carbonyl (C=O) groups is 1. The van der Waals surface area contributed by atoms with Crippen molar-refractivity contribution in [1.29, 1.82) is 0 Å². The van der Waals surface area contributed by atoms with Crippen LogP contribution in [0, 0.1) is 0 Å². The summed E-state index contributed by atoms with van der Waals surface area (Å²) < 4.78 is 9.72. The van der Waals surface area contributed by atoms with E-state index in [1.165, 1.54) is 0 Å². The minimum absolute atomic E-state index is 0.354. The first-order chi connectivity index (χ1) is 7.22. The van der Waals surface area contributed by atoms with Crippen LogP contribution in [0.2, 0.25) is 0 Å². The fourth-order valence-corrected chi connectivity index (χ4v) is 1.28. The van der Waals surface area contributed by atoms with Crippen LogP contribution in [-0.2, 0) is 11.2 Å². The molecule has 82 valence electrons. The van der Waals surface area contributed by atoms with E-state index in [9.17, 15) is 4.79 Å². The molecule has 1 rings (SSSR count). The standard InChI is InChI=1S/C11H15NO3/c1-14-10-6-2-4-9(8-10)5-3-7-15-11(12)13/h2,4,6,8H,3,5,7H2,1H3,(H2,12,13). The van der Waals surface area contributed by atoms with Gasteiger partial charge in [0.25, 0.3) is 0 Å². The Bertz CT molecular complexity index is 325. The Hall–Kier alpha value is -1.71. The number of ether oxygens (including phenoxy) is 2. The number of aryl methyl sites for hydroxylation is 1. The molecule has 2 N–H and O–H groups in total. The van der Waals surface area contributed by atoms with Gasteiger partial charge >= 0.3 is 6.09 Å². The Balaban J connectivity index is 2.33. The maximum Gasteiger partial charge on any atom is 0.404 e.